The minimum absolute atomic E-state index is 0.591. The summed E-state index contributed by atoms with van der Waals surface area (Å²) in [5, 5.41) is 0. The second-order valence-electron chi connectivity index (χ2n) is 5.44. The van der Waals surface area contributed by atoms with Crippen molar-refractivity contribution in [3.63, 3.8) is 0 Å². The van der Waals surface area contributed by atoms with Gasteiger partial charge in [-0.25, -0.2) is 0 Å². The van der Waals surface area contributed by atoms with Gasteiger partial charge in [-0.15, -0.1) is 0 Å². The third-order valence-corrected chi connectivity index (χ3v) is 3.38. The predicted molar refractivity (Wildman–Crippen MR) is 79.5 cm³/mol. The van der Waals surface area contributed by atoms with E-state index in [2.05, 4.69) is 45.9 Å². The Morgan fingerprint density at radius 1 is 1.06 bits per heavy atom. The molecule has 0 saturated heterocycles. The van der Waals surface area contributed by atoms with Crippen LogP contribution >= 0.6 is 0 Å². The Hall–Kier alpha value is -0.980. The van der Waals surface area contributed by atoms with E-state index in [1.54, 1.807) is 0 Å². The zero-order valence-corrected chi connectivity index (χ0v) is 12.5. The van der Waals surface area contributed by atoms with Crippen molar-refractivity contribution < 1.29 is 4.74 Å². The Bertz CT molecular complexity index is 341. The second-order valence-corrected chi connectivity index (χ2v) is 5.44. The first-order chi connectivity index (χ1) is 8.65. The van der Waals surface area contributed by atoms with E-state index in [9.17, 15) is 0 Å². The molecule has 0 bridgehead atoms. The van der Waals surface area contributed by atoms with Crippen molar-refractivity contribution in [2.45, 2.75) is 65.7 Å². The number of hydrogen-bond donors (Lipinski definition) is 0. The molecule has 0 saturated carbocycles. The van der Waals surface area contributed by atoms with Gasteiger partial charge in [-0.3, -0.25) is 0 Å². The Labute approximate surface area is 113 Å². The fourth-order valence-electron chi connectivity index (χ4n) is 2.28. The smallest absolute Gasteiger partial charge is 0.119 e. The molecule has 1 aromatic carbocycles. The van der Waals surface area contributed by atoms with Gasteiger partial charge >= 0.3 is 0 Å². The number of hydrogen-bond acceptors (Lipinski definition) is 1. The lowest BCUT2D eigenvalue weighted by Crippen LogP contribution is -1.99. The second kappa shape index (κ2) is 8.18. The average molecular weight is 248 g/mol. The molecule has 0 aromatic heterocycles. The van der Waals surface area contributed by atoms with E-state index in [0.717, 1.165) is 12.4 Å². The van der Waals surface area contributed by atoms with Gasteiger partial charge in [-0.1, -0.05) is 52.5 Å². The van der Waals surface area contributed by atoms with Crippen LogP contribution in [0.1, 0.15) is 69.9 Å². The Morgan fingerprint density at radius 3 is 2.39 bits per heavy atom. The monoisotopic (exact) mass is 248 g/mol. The van der Waals surface area contributed by atoms with Crippen molar-refractivity contribution in [2.24, 2.45) is 0 Å². The fourth-order valence-corrected chi connectivity index (χ4v) is 2.28. The van der Waals surface area contributed by atoms with E-state index in [-0.39, 0.29) is 0 Å². The summed E-state index contributed by atoms with van der Waals surface area (Å²) < 4.78 is 5.80. The summed E-state index contributed by atoms with van der Waals surface area (Å²) in [6, 6.07) is 6.47. The van der Waals surface area contributed by atoms with E-state index in [1.165, 1.54) is 43.2 Å². The van der Waals surface area contributed by atoms with Crippen LogP contribution in [0.25, 0.3) is 0 Å². The van der Waals surface area contributed by atoms with Crippen molar-refractivity contribution in [2.75, 3.05) is 6.61 Å². The lowest BCUT2D eigenvalue weighted by molar-refractivity contribution is 0.304. The molecule has 18 heavy (non-hydrogen) atoms. The summed E-state index contributed by atoms with van der Waals surface area (Å²) in [6.45, 7) is 9.73. The maximum Gasteiger partial charge on any atom is 0.119 e. The molecule has 102 valence electrons. The topological polar surface area (TPSA) is 9.23 Å². The van der Waals surface area contributed by atoms with Gasteiger partial charge in [0.1, 0.15) is 5.75 Å². The number of rotatable bonds is 8. The Balaban J connectivity index is 2.33. The maximum absolute atomic E-state index is 5.80. The summed E-state index contributed by atoms with van der Waals surface area (Å²) in [6.07, 6.45) is 6.45. The largest absolute Gasteiger partial charge is 0.494 e. The van der Waals surface area contributed by atoms with Crippen LogP contribution in [-0.2, 0) is 0 Å². The first-order valence-corrected chi connectivity index (χ1v) is 7.38. The lowest BCUT2D eigenvalue weighted by atomic mass is 9.98. The van der Waals surface area contributed by atoms with Gasteiger partial charge in [0, 0.05) is 0 Å². The molecule has 0 N–H and O–H groups in total. The minimum atomic E-state index is 0.591. The van der Waals surface area contributed by atoms with Gasteiger partial charge in [-0.2, -0.15) is 0 Å². The van der Waals surface area contributed by atoms with E-state index in [1.807, 2.05) is 0 Å². The van der Waals surface area contributed by atoms with Crippen LogP contribution in [0.15, 0.2) is 18.2 Å². The quantitative estimate of drug-likeness (QED) is 0.554. The molecule has 0 atom stereocenters. The zero-order chi connectivity index (χ0) is 13.4. The van der Waals surface area contributed by atoms with Crippen LogP contribution in [0.5, 0.6) is 5.75 Å². The Kier molecular flexibility index (Phi) is 6.85. The van der Waals surface area contributed by atoms with Crippen LogP contribution in [0.3, 0.4) is 0 Å². The van der Waals surface area contributed by atoms with Crippen molar-refractivity contribution in [1.82, 2.24) is 0 Å². The molecule has 0 aliphatic heterocycles. The molecule has 0 amide bonds. The predicted octanol–water partition coefficient (Wildman–Crippen LogP) is 5.47. The van der Waals surface area contributed by atoms with Gasteiger partial charge in [0.15, 0.2) is 0 Å². The molecule has 0 unspecified atom stereocenters. The van der Waals surface area contributed by atoms with Crippen molar-refractivity contribution >= 4 is 0 Å². The molecule has 1 heteroatoms. The molecule has 0 aliphatic carbocycles. The molecular formula is C17H28O. The highest BCUT2D eigenvalue weighted by Crippen LogP contribution is 2.23. The first kappa shape index (κ1) is 15.1. The van der Waals surface area contributed by atoms with Gasteiger partial charge < -0.3 is 4.74 Å². The van der Waals surface area contributed by atoms with E-state index < -0.39 is 0 Å². The highest BCUT2D eigenvalue weighted by molar-refractivity contribution is 5.36. The van der Waals surface area contributed by atoms with Gasteiger partial charge in [0.05, 0.1) is 6.61 Å². The van der Waals surface area contributed by atoms with Crippen LogP contribution in [-0.4, -0.2) is 6.61 Å². The molecular weight excluding hydrogens is 220 g/mol. The number of unbranched alkanes of at least 4 members (excludes halogenated alkanes) is 4. The molecule has 0 heterocycles. The molecule has 0 radical (unpaired) electrons. The summed E-state index contributed by atoms with van der Waals surface area (Å²) in [5.41, 5.74) is 2.76. The van der Waals surface area contributed by atoms with Crippen molar-refractivity contribution in [3.05, 3.63) is 29.3 Å². The molecule has 1 nitrogen and oxygen atoms in total. The summed E-state index contributed by atoms with van der Waals surface area (Å²) >= 11 is 0. The number of ether oxygens (including phenoxy) is 1. The van der Waals surface area contributed by atoms with Crippen LogP contribution in [0.4, 0.5) is 0 Å². The fraction of sp³-hybridized carbons (Fsp3) is 0.647. The lowest BCUT2D eigenvalue weighted by Gasteiger charge is -2.12. The van der Waals surface area contributed by atoms with Crippen molar-refractivity contribution in [3.8, 4) is 5.75 Å². The number of benzene rings is 1. The van der Waals surface area contributed by atoms with Crippen LogP contribution in [0, 0.1) is 6.92 Å². The third-order valence-electron chi connectivity index (χ3n) is 3.38. The number of aryl methyl sites for hydroxylation is 1. The van der Waals surface area contributed by atoms with E-state index >= 15 is 0 Å². The molecule has 0 aliphatic rings. The van der Waals surface area contributed by atoms with Gasteiger partial charge in [-0.05, 0) is 42.5 Å². The van der Waals surface area contributed by atoms with Crippen LogP contribution < -0.4 is 4.74 Å². The highest BCUT2D eigenvalue weighted by Gasteiger charge is 2.04. The summed E-state index contributed by atoms with van der Waals surface area (Å²) in [5.74, 6) is 1.61. The third kappa shape index (κ3) is 5.12. The zero-order valence-electron chi connectivity index (χ0n) is 12.5. The molecule has 0 fully saturated rings. The molecule has 1 rings (SSSR count). The summed E-state index contributed by atoms with van der Waals surface area (Å²) in [7, 11) is 0. The Morgan fingerprint density at radius 2 is 1.78 bits per heavy atom. The van der Waals surface area contributed by atoms with Gasteiger partial charge in [0.2, 0.25) is 0 Å². The normalized spacial score (nSPS) is 10.9. The van der Waals surface area contributed by atoms with Gasteiger partial charge in [0.25, 0.3) is 0 Å². The minimum Gasteiger partial charge on any atom is -0.494 e. The highest BCUT2D eigenvalue weighted by atomic mass is 16.5. The summed E-state index contributed by atoms with van der Waals surface area (Å²) in [4.78, 5) is 0. The maximum atomic E-state index is 5.80. The average Bonchev–Trinajstić information content (AvgIpc) is 2.33. The standard InChI is InChI=1S/C17H28O/c1-5-6-7-8-9-12-18-16-10-11-17(14(2)3)15(4)13-16/h10-11,13-14H,5-9,12H2,1-4H3. The molecule has 0 spiro atoms. The van der Waals surface area contributed by atoms with E-state index in [4.69, 9.17) is 4.74 Å². The SMILES string of the molecule is CCCCCCCOc1ccc(C(C)C)c(C)c1. The van der Waals surface area contributed by atoms with Crippen LogP contribution in [0.2, 0.25) is 0 Å². The molecule has 1 aromatic rings. The van der Waals surface area contributed by atoms with Crippen molar-refractivity contribution in [1.29, 1.82) is 0 Å². The first-order valence-electron chi connectivity index (χ1n) is 7.38. The van der Waals surface area contributed by atoms with E-state index in [0.29, 0.717) is 5.92 Å².